The summed E-state index contributed by atoms with van der Waals surface area (Å²) in [4.78, 5) is 12.0. The first-order valence-corrected chi connectivity index (χ1v) is 7.04. The number of hydrogen-bond acceptors (Lipinski definition) is 3. The highest BCUT2D eigenvalue weighted by Crippen LogP contribution is 2.18. The number of nitrogens with one attached hydrogen (secondary N) is 3. The fourth-order valence-corrected chi connectivity index (χ4v) is 2.40. The number of hydrogen-bond donors (Lipinski definition) is 3. The fraction of sp³-hybridized carbons (Fsp3) is 0.467. The molecule has 3 N–H and O–H groups in total. The number of amides is 2. The Morgan fingerprint density at radius 3 is 3.05 bits per heavy atom. The predicted octanol–water partition coefficient (Wildman–Crippen LogP) is 1.99. The molecular weight excluding hydrogens is 252 g/mol. The highest BCUT2D eigenvalue weighted by molar-refractivity contribution is 5.90. The third-order valence-electron chi connectivity index (χ3n) is 3.50. The van der Waals surface area contributed by atoms with Crippen molar-refractivity contribution in [2.24, 2.45) is 0 Å². The number of urea groups is 1. The normalized spacial score (nSPS) is 18.1. The maximum atomic E-state index is 12.0. The van der Waals surface area contributed by atoms with Crippen LogP contribution in [0.1, 0.15) is 30.9 Å². The van der Waals surface area contributed by atoms with Crippen molar-refractivity contribution < 1.29 is 4.79 Å². The molecule has 1 aliphatic heterocycles. The molecule has 1 aliphatic rings. The average Bonchev–Trinajstić information content (AvgIpc) is 2.48. The highest BCUT2D eigenvalue weighted by atomic mass is 16.2. The molecule has 0 radical (unpaired) electrons. The van der Waals surface area contributed by atoms with E-state index >= 15 is 0 Å². The Labute approximate surface area is 119 Å². The van der Waals surface area contributed by atoms with Crippen molar-refractivity contribution >= 4 is 11.7 Å². The van der Waals surface area contributed by atoms with E-state index in [1.807, 2.05) is 13.0 Å². The summed E-state index contributed by atoms with van der Waals surface area (Å²) in [5.74, 6) is 0. The Morgan fingerprint density at radius 1 is 1.55 bits per heavy atom. The zero-order chi connectivity index (χ0) is 14.4. The molecule has 5 heteroatoms. The molecule has 1 heterocycles. The number of anilines is 1. The van der Waals surface area contributed by atoms with E-state index in [0.29, 0.717) is 5.56 Å². The molecule has 0 aliphatic carbocycles. The molecule has 1 fully saturated rings. The molecule has 106 valence electrons. The van der Waals surface area contributed by atoms with Gasteiger partial charge in [0, 0.05) is 18.3 Å². The minimum absolute atomic E-state index is 0.182. The lowest BCUT2D eigenvalue weighted by atomic mass is 10.1. The van der Waals surface area contributed by atoms with Crippen LogP contribution in [0.15, 0.2) is 18.2 Å². The van der Waals surface area contributed by atoms with Gasteiger partial charge < -0.3 is 16.0 Å². The molecule has 1 atom stereocenters. The Morgan fingerprint density at radius 2 is 2.40 bits per heavy atom. The molecule has 0 aromatic heterocycles. The lowest BCUT2D eigenvalue weighted by Gasteiger charge is -2.24. The Bertz CT molecular complexity index is 515. The standard InChI is InChI=1S/C15H20N4O/c1-2-12-8-11(9-16)5-6-14(12)19-15(20)18-13-4-3-7-17-10-13/h5-6,8,13,17H,2-4,7,10H2,1H3,(H2,18,19,20)/t13-/m1/s1. The van der Waals surface area contributed by atoms with Crippen molar-refractivity contribution in [2.75, 3.05) is 18.4 Å². The van der Waals surface area contributed by atoms with Gasteiger partial charge in [0.25, 0.3) is 0 Å². The molecule has 20 heavy (non-hydrogen) atoms. The number of aryl methyl sites for hydroxylation is 1. The van der Waals surface area contributed by atoms with Crippen molar-refractivity contribution in [1.29, 1.82) is 5.26 Å². The Hall–Kier alpha value is -2.06. The lowest BCUT2D eigenvalue weighted by molar-refractivity contribution is 0.245. The average molecular weight is 272 g/mol. The van der Waals surface area contributed by atoms with Crippen molar-refractivity contribution in [1.82, 2.24) is 10.6 Å². The summed E-state index contributed by atoms with van der Waals surface area (Å²) in [5.41, 5.74) is 2.36. The summed E-state index contributed by atoms with van der Waals surface area (Å²) in [7, 11) is 0. The first-order valence-electron chi connectivity index (χ1n) is 7.04. The largest absolute Gasteiger partial charge is 0.334 e. The first-order chi connectivity index (χ1) is 9.72. The number of carbonyl (C=O) groups is 1. The second-order valence-electron chi connectivity index (χ2n) is 4.98. The molecule has 1 aromatic rings. The molecule has 0 spiro atoms. The van der Waals surface area contributed by atoms with E-state index in [0.717, 1.165) is 43.6 Å². The maximum absolute atomic E-state index is 12.0. The van der Waals surface area contributed by atoms with Crippen molar-refractivity contribution in [3.05, 3.63) is 29.3 Å². The van der Waals surface area contributed by atoms with E-state index in [2.05, 4.69) is 22.0 Å². The number of nitrogens with zero attached hydrogens (tertiary/aromatic N) is 1. The van der Waals surface area contributed by atoms with Crippen LogP contribution in [0, 0.1) is 11.3 Å². The molecule has 0 unspecified atom stereocenters. The van der Waals surface area contributed by atoms with Gasteiger partial charge in [-0.3, -0.25) is 0 Å². The van der Waals surface area contributed by atoms with Gasteiger partial charge in [0.2, 0.25) is 0 Å². The third-order valence-corrected chi connectivity index (χ3v) is 3.50. The summed E-state index contributed by atoms with van der Waals surface area (Å²) in [6, 6.07) is 7.44. The Kier molecular flexibility index (Phi) is 4.97. The van der Waals surface area contributed by atoms with Crippen molar-refractivity contribution in [3.63, 3.8) is 0 Å². The smallest absolute Gasteiger partial charge is 0.319 e. The first kappa shape index (κ1) is 14.4. The predicted molar refractivity (Wildman–Crippen MR) is 78.6 cm³/mol. The molecule has 0 bridgehead atoms. The van der Waals surface area contributed by atoms with E-state index in [1.54, 1.807) is 12.1 Å². The van der Waals surface area contributed by atoms with Crippen molar-refractivity contribution in [2.45, 2.75) is 32.2 Å². The van der Waals surface area contributed by atoms with E-state index < -0.39 is 0 Å². The van der Waals surface area contributed by atoms with Crippen LogP contribution in [-0.2, 0) is 6.42 Å². The molecule has 0 saturated carbocycles. The van der Waals surface area contributed by atoms with Crippen LogP contribution in [-0.4, -0.2) is 25.2 Å². The summed E-state index contributed by atoms with van der Waals surface area (Å²) in [6.45, 7) is 3.85. The van der Waals surface area contributed by atoms with Crippen molar-refractivity contribution in [3.8, 4) is 6.07 Å². The highest BCUT2D eigenvalue weighted by Gasteiger charge is 2.15. The van der Waals surface area contributed by atoms with E-state index in [-0.39, 0.29) is 12.1 Å². The van der Waals surface area contributed by atoms with Crippen LogP contribution in [0.5, 0.6) is 0 Å². The fourth-order valence-electron chi connectivity index (χ4n) is 2.40. The quantitative estimate of drug-likeness (QED) is 0.787. The number of nitriles is 1. The van der Waals surface area contributed by atoms with E-state index in [1.165, 1.54) is 0 Å². The van der Waals surface area contributed by atoms with E-state index in [4.69, 9.17) is 5.26 Å². The van der Waals surface area contributed by atoms with Gasteiger partial charge in [0.05, 0.1) is 11.6 Å². The van der Waals surface area contributed by atoms with Crippen LogP contribution < -0.4 is 16.0 Å². The lowest BCUT2D eigenvalue weighted by Crippen LogP contribution is -2.47. The second kappa shape index (κ2) is 6.92. The monoisotopic (exact) mass is 272 g/mol. The van der Waals surface area contributed by atoms with Gasteiger partial charge in [-0.1, -0.05) is 6.92 Å². The Balaban J connectivity index is 1.98. The summed E-state index contributed by atoms with van der Waals surface area (Å²) >= 11 is 0. The maximum Gasteiger partial charge on any atom is 0.319 e. The molecule has 5 nitrogen and oxygen atoms in total. The third kappa shape index (κ3) is 3.72. The van der Waals surface area contributed by atoms with E-state index in [9.17, 15) is 4.79 Å². The summed E-state index contributed by atoms with van der Waals surface area (Å²) in [5, 5.41) is 18.0. The second-order valence-corrected chi connectivity index (χ2v) is 4.98. The number of piperidine rings is 1. The minimum Gasteiger partial charge on any atom is -0.334 e. The minimum atomic E-state index is -0.182. The zero-order valence-electron chi connectivity index (χ0n) is 11.7. The van der Waals surface area contributed by atoms with Gasteiger partial charge in [-0.2, -0.15) is 5.26 Å². The number of carbonyl (C=O) groups excluding carboxylic acids is 1. The number of rotatable bonds is 3. The van der Waals surface area contributed by atoms with Crippen LogP contribution in [0.2, 0.25) is 0 Å². The van der Waals surface area contributed by atoms with Gasteiger partial charge in [-0.05, 0) is 49.6 Å². The molecule has 1 saturated heterocycles. The van der Waals surface area contributed by atoms with Gasteiger partial charge in [0.15, 0.2) is 0 Å². The molecule has 2 amide bonds. The van der Waals surface area contributed by atoms with Gasteiger partial charge in [0.1, 0.15) is 0 Å². The molecular formula is C15H20N4O. The van der Waals surface area contributed by atoms with Crippen LogP contribution in [0.25, 0.3) is 0 Å². The summed E-state index contributed by atoms with van der Waals surface area (Å²) < 4.78 is 0. The van der Waals surface area contributed by atoms with Crippen LogP contribution in [0.3, 0.4) is 0 Å². The zero-order valence-corrected chi connectivity index (χ0v) is 11.7. The number of benzene rings is 1. The van der Waals surface area contributed by atoms with Crippen LogP contribution in [0.4, 0.5) is 10.5 Å². The molecule has 2 rings (SSSR count). The van der Waals surface area contributed by atoms with Gasteiger partial charge in [-0.25, -0.2) is 4.79 Å². The SMILES string of the molecule is CCc1cc(C#N)ccc1NC(=O)N[C@@H]1CCCNC1. The van der Waals surface area contributed by atoms with Gasteiger partial charge >= 0.3 is 6.03 Å². The molecule has 1 aromatic carbocycles. The van der Waals surface area contributed by atoms with Gasteiger partial charge in [-0.15, -0.1) is 0 Å². The summed E-state index contributed by atoms with van der Waals surface area (Å²) in [6.07, 6.45) is 2.87. The van der Waals surface area contributed by atoms with Crippen LogP contribution >= 0.6 is 0 Å². The topological polar surface area (TPSA) is 77.0 Å².